The summed E-state index contributed by atoms with van der Waals surface area (Å²) in [5, 5.41) is 19.9. The monoisotopic (exact) mass is 260 g/mol. The fraction of sp³-hybridized carbons (Fsp3) is 0.562. The Kier molecular flexibility index (Phi) is 3.00. The molecule has 1 fully saturated rings. The molecule has 1 aromatic carbocycles. The van der Waals surface area contributed by atoms with Crippen molar-refractivity contribution in [3.63, 3.8) is 0 Å². The van der Waals surface area contributed by atoms with Gasteiger partial charge in [-0.1, -0.05) is 18.9 Å². The van der Waals surface area contributed by atoms with Crippen molar-refractivity contribution >= 4 is 5.97 Å². The van der Waals surface area contributed by atoms with E-state index in [0.29, 0.717) is 18.4 Å². The second-order valence-electron chi connectivity index (χ2n) is 5.94. The van der Waals surface area contributed by atoms with Crippen LogP contribution in [0.4, 0.5) is 0 Å². The highest BCUT2D eigenvalue weighted by atomic mass is 16.4. The van der Waals surface area contributed by atoms with E-state index in [1.165, 1.54) is 11.1 Å². The normalized spacial score (nSPS) is 21.1. The fourth-order valence-electron chi connectivity index (χ4n) is 3.73. The van der Waals surface area contributed by atoms with Crippen molar-refractivity contribution in [2.24, 2.45) is 0 Å². The Bertz CT molecular complexity index is 513. The lowest BCUT2D eigenvalue weighted by Gasteiger charge is -2.27. The van der Waals surface area contributed by atoms with E-state index < -0.39 is 11.4 Å². The van der Waals surface area contributed by atoms with Crippen LogP contribution in [0.1, 0.15) is 55.2 Å². The number of aryl methyl sites for hydroxylation is 2. The van der Waals surface area contributed by atoms with Crippen LogP contribution in [-0.2, 0) is 23.1 Å². The molecular formula is C16H20O3. The smallest absolute Gasteiger partial charge is 0.314 e. The van der Waals surface area contributed by atoms with Gasteiger partial charge in [-0.3, -0.25) is 4.79 Å². The first-order valence-corrected chi connectivity index (χ1v) is 7.22. The fourth-order valence-corrected chi connectivity index (χ4v) is 3.73. The average molecular weight is 260 g/mol. The number of carboxylic acid groups (broad SMARTS) is 1. The maximum Gasteiger partial charge on any atom is 0.314 e. The summed E-state index contributed by atoms with van der Waals surface area (Å²) < 4.78 is 0. The summed E-state index contributed by atoms with van der Waals surface area (Å²) in [6.07, 6.45) is 7.50. The Morgan fingerprint density at radius 3 is 2.16 bits per heavy atom. The molecule has 0 aliphatic heterocycles. The summed E-state index contributed by atoms with van der Waals surface area (Å²) >= 11 is 0. The van der Waals surface area contributed by atoms with Gasteiger partial charge in [0.15, 0.2) is 0 Å². The zero-order chi connectivity index (χ0) is 13.5. The van der Waals surface area contributed by atoms with Gasteiger partial charge in [0.2, 0.25) is 0 Å². The molecule has 0 spiro atoms. The van der Waals surface area contributed by atoms with Gasteiger partial charge in [0.05, 0.1) is 5.41 Å². The molecule has 19 heavy (non-hydrogen) atoms. The summed E-state index contributed by atoms with van der Waals surface area (Å²) in [5.74, 6) is -0.596. The van der Waals surface area contributed by atoms with E-state index in [0.717, 1.165) is 38.5 Å². The van der Waals surface area contributed by atoms with Crippen LogP contribution in [-0.4, -0.2) is 16.2 Å². The van der Waals surface area contributed by atoms with E-state index in [1.807, 2.05) is 12.1 Å². The lowest BCUT2D eigenvalue weighted by atomic mass is 9.76. The van der Waals surface area contributed by atoms with E-state index >= 15 is 0 Å². The highest BCUT2D eigenvalue weighted by molar-refractivity contribution is 5.83. The number of aliphatic carboxylic acids is 1. The van der Waals surface area contributed by atoms with Crippen molar-refractivity contribution in [1.29, 1.82) is 0 Å². The van der Waals surface area contributed by atoms with E-state index in [9.17, 15) is 15.0 Å². The molecule has 102 valence electrons. The molecule has 0 bridgehead atoms. The van der Waals surface area contributed by atoms with Crippen LogP contribution in [0.15, 0.2) is 12.1 Å². The average Bonchev–Trinajstić information content (AvgIpc) is 2.88. The summed E-state index contributed by atoms with van der Waals surface area (Å²) in [7, 11) is 0. The number of phenolic OH excluding ortho intramolecular Hbond substituents is 1. The Morgan fingerprint density at radius 2 is 1.58 bits per heavy atom. The van der Waals surface area contributed by atoms with Gasteiger partial charge in [-0.05, 0) is 55.7 Å². The van der Waals surface area contributed by atoms with E-state index in [2.05, 4.69) is 0 Å². The first-order valence-electron chi connectivity index (χ1n) is 7.22. The van der Waals surface area contributed by atoms with Gasteiger partial charge in [-0.25, -0.2) is 0 Å². The molecule has 0 heterocycles. The highest BCUT2D eigenvalue weighted by Crippen LogP contribution is 2.46. The van der Waals surface area contributed by atoms with Crippen molar-refractivity contribution in [3.8, 4) is 5.75 Å². The number of aromatic hydroxyl groups is 1. The van der Waals surface area contributed by atoms with Crippen molar-refractivity contribution in [3.05, 3.63) is 28.8 Å². The SMILES string of the molecule is O=C(O)C1(c2cc3c(cc2O)CCCC3)CCCC1. The molecule has 1 saturated carbocycles. The molecule has 0 aromatic heterocycles. The van der Waals surface area contributed by atoms with Crippen LogP contribution in [0.25, 0.3) is 0 Å². The molecule has 2 N–H and O–H groups in total. The van der Waals surface area contributed by atoms with Crippen LogP contribution < -0.4 is 0 Å². The topological polar surface area (TPSA) is 57.5 Å². The van der Waals surface area contributed by atoms with Gasteiger partial charge in [-0.2, -0.15) is 0 Å². The van der Waals surface area contributed by atoms with Gasteiger partial charge in [0.1, 0.15) is 5.75 Å². The number of phenols is 1. The second kappa shape index (κ2) is 4.55. The molecule has 3 heteroatoms. The van der Waals surface area contributed by atoms with Crippen LogP contribution in [0.5, 0.6) is 5.75 Å². The Morgan fingerprint density at radius 1 is 1.00 bits per heavy atom. The van der Waals surface area contributed by atoms with Crippen LogP contribution in [0, 0.1) is 0 Å². The van der Waals surface area contributed by atoms with Crippen molar-refractivity contribution in [2.75, 3.05) is 0 Å². The maximum atomic E-state index is 11.7. The molecule has 0 atom stereocenters. The molecule has 2 aliphatic rings. The number of benzene rings is 1. The number of carboxylic acids is 1. The molecule has 1 aromatic rings. The third-order valence-corrected chi connectivity index (χ3v) is 4.84. The van der Waals surface area contributed by atoms with Crippen LogP contribution in [0.2, 0.25) is 0 Å². The predicted molar refractivity (Wildman–Crippen MR) is 72.5 cm³/mol. The first kappa shape index (κ1) is 12.5. The van der Waals surface area contributed by atoms with Crippen molar-refractivity contribution in [2.45, 2.75) is 56.8 Å². The zero-order valence-corrected chi connectivity index (χ0v) is 11.1. The summed E-state index contributed by atoms with van der Waals surface area (Å²) in [6.45, 7) is 0. The second-order valence-corrected chi connectivity index (χ2v) is 5.94. The third kappa shape index (κ3) is 1.92. The number of fused-ring (bicyclic) bond motifs is 1. The van der Waals surface area contributed by atoms with Gasteiger partial charge in [-0.15, -0.1) is 0 Å². The molecule has 0 amide bonds. The van der Waals surface area contributed by atoms with Crippen LogP contribution in [0.3, 0.4) is 0 Å². The minimum Gasteiger partial charge on any atom is -0.508 e. The summed E-state index contributed by atoms with van der Waals surface area (Å²) in [5.41, 5.74) is 2.24. The lowest BCUT2D eigenvalue weighted by Crippen LogP contribution is -2.33. The lowest BCUT2D eigenvalue weighted by molar-refractivity contribution is -0.143. The number of hydrogen-bond donors (Lipinski definition) is 2. The Labute approximate surface area is 113 Å². The van der Waals surface area contributed by atoms with Crippen molar-refractivity contribution in [1.82, 2.24) is 0 Å². The molecule has 0 unspecified atom stereocenters. The zero-order valence-electron chi connectivity index (χ0n) is 11.1. The van der Waals surface area contributed by atoms with Crippen LogP contribution >= 0.6 is 0 Å². The Hall–Kier alpha value is -1.51. The molecule has 0 radical (unpaired) electrons. The molecule has 3 nitrogen and oxygen atoms in total. The Balaban J connectivity index is 2.11. The largest absolute Gasteiger partial charge is 0.508 e. The van der Waals surface area contributed by atoms with E-state index in [-0.39, 0.29) is 5.75 Å². The molecule has 3 rings (SSSR count). The minimum absolute atomic E-state index is 0.185. The van der Waals surface area contributed by atoms with Crippen molar-refractivity contribution < 1.29 is 15.0 Å². The quantitative estimate of drug-likeness (QED) is 0.858. The standard InChI is InChI=1S/C16H20O3/c17-14-10-12-6-2-1-5-11(12)9-13(14)16(15(18)19)7-3-4-8-16/h9-10,17H,1-8H2,(H,18,19). The van der Waals surface area contributed by atoms with Gasteiger partial charge >= 0.3 is 5.97 Å². The molecule has 0 saturated heterocycles. The third-order valence-electron chi connectivity index (χ3n) is 4.84. The number of carbonyl (C=O) groups is 1. The summed E-state index contributed by atoms with van der Waals surface area (Å²) in [6, 6.07) is 3.79. The minimum atomic E-state index is -0.851. The van der Waals surface area contributed by atoms with Gasteiger partial charge < -0.3 is 10.2 Å². The first-order chi connectivity index (χ1) is 9.13. The molecular weight excluding hydrogens is 240 g/mol. The van der Waals surface area contributed by atoms with E-state index in [4.69, 9.17) is 0 Å². The maximum absolute atomic E-state index is 11.7. The highest BCUT2D eigenvalue weighted by Gasteiger charge is 2.44. The molecule has 2 aliphatic carbocycles. The number of hydrogen-bond acceptors (Lipinski definition) is 2. The van der Waals surface area contributed by atoms with Gasteiger partial charge in [0, 0.05) is 5.56 Å². The van der Waals surface area contributed by atoms with E-state index in [1.54, 1.807) is 0 Å². The number of rotatable bonds is 2. The van der Waals surface area contributed by atoms with Gasteiger partial charge in [0.25, 0.3) is 0 Å². The summed E-state index contributed by atoms with van der Waals surface area (Å²) in [4.78, 5) is 11.7. The predicted octanol–water partition coefficient (Wildman–Crippen LogP) is 3.17.